The standard InChI is InChI=1S/C11H10O7/c1-2-5(12)3-4(7(14)6(2)13)9(16)11(18)10(17)8(3)15/h12-18H,1H3. The first kappa shape index (κ1) is 11.8. The zero-order valence-corrected chi connectivity index (χ0v) is 9.13. The Labute approximate surface area is 100 Å². The van der Waals surface area contributed by atoms with Crippen molar-refractivity contribution in [2.75, 3.05) is 0 Å². The van der Waals surface area contributed by atoms with Gasteiger partial charge in [-0.2, -0.15) is 0 Å². The third kappa shape index (κ3) is 1.18. The molecule has 0 unspecified atom stereocenters. The highest BCUT2D eigenvalue weighted by Crippen LogP contribution is 2.56. The van der Waals surface area contributed by atoms with E-state index < -0.39 is 51.0 Å². The fraction of sp³-hybridized carbons (Fsp3) is 0.0909. The number of phenols is 7. The molecule has 18 heavy (non-hydrogen) atoms. The Balaban J connectivity index is 3.22. The molecule has 0 saturated heterocycles. The first-order valence-corrected chi connectivity index (χ1v) is 4.82. The summed E-state index contributed by atoms with van der Waals surface area (Å²) in [4.78, 5) is 0. The van der Waals surface area contributed by atoms with E-state index in [1.54, 1.807) is 0 Å². The molecule has 0 fully saturated rings. The third-order valence-corrected chi connectivity index (χ3v) is 2.80. The minimum atomic E-state index is -1.07. The summed E-state index contributed by atoms with van der Waals surface area (Å²) in [6.45, 7) is 1.25. The van der Waals surface area contributed by atoms with Gasteiger partial charge in [-0.3, -0.25) is 0 Å². The maximum absolute atomic E-state index is 9.75. The number of aromatic hydroxyl groups is 7. The molecular formula is C11H10O7. The lowest BCUT2D eigenvalue weighted by molar-refractivity contribution is 0.347. The molecule has 2 rings (SSSR count). The topological polar surface area (TPSA) is 142 Å². The quantitative estimate of drug-likeness (QED) is 0.275. The summed E-state index contributed by atoms with van der Waals surface area (Å²) in [7, 11) is 0. The summed E-state index contributed by atoms with van der Waals surface area (Å²) in [5.41, 5.74) is -0.153. The average molecular weight is 254 g/mol. The molecule has 7 nitrogen and oxygen atoms in total. The Bertz CT molecular complexity index is 562. The Morgan fingerprint density at radius 1 is 0.444 bits per heavy atom. The van der Waals surface area contributed by atoms with Gasteiger partial charge in [0.05, 0.1) is 10.8 Å². The lowest BCUT2D eigenvalue weighted by atomic mass is 10.0. The van der Waals surface area contributed by atoms with Gasteiger partial charge in [0.15, 0.2) is 23.0 Å². The molecule has 96 valence electrons. The fourth-order valence-electron chi connectivity index (χ4n) is 1.75. The first-order valence-electron chi connectivity index (χ1n) is 4.82. The van der Waals surface area contributed by atoms with Crippen LogP contribution >= 0.6 is 0 Å². The minimum absolute atomic E-state index is 0.153. The summed E-state index contributed by atoms with van der Waals surface area (Å²) < 4.78 is 0. The minimum Gasteiger partial charge on any atom is -0.507 e. The number of benzene rings is 2. The zero-order chi connectivity index (χ0) is 13.8. The van der Waals surface area contributed by atoms with E-state index in [1.807, 2.05) is 0 Å². The van der Waals surface area contributed by atoms with Crippen LogP contribution in [0.25, 0.3) is 10.8 Å². The normalized spacial score (nSPS) is 10.9. The number of hydrogen-bond donors (Lipinski definition) is 7. The molecule has 7 N–H and O–H groups in total. The molecule has 0 aromatic heterocycles. The molecule has 0 atom stereocenters. The van der Waals surface area contributed by atoms with E-state index in [2.05, 4.69) is 0 Å². The van der Waals surface area contributed by atoms with Crippen LogP contribution in [-0.4, -0.2) is 35.7 Å². The molecule has 0 aliphatic rings. The van der Waals surface area contributed by atoms with Gasteiger partial charge in [0, 0.05) is 5.56 Å². The van der Waals surface area contributed by atoms with Crippen LogP contribution in [0, 0.1) is 6.92 Å². The SMILES string of the molecule is Cc1c(O)c(O)c2c(O)c(O)c(O)c(O)c2c1O. The highest BCUT2D eigenvalue weighted by atomic mass is 16.3. The van der Waals surface area contributed by atoms with Crippen LogP contribution in [0.5, 0.6) is 40.2 Å². The molecule has 0 saturated carbocycles. The second kappa shape index (κ2) is 3.39. The summed E-state index contributed by atoms with van der Waals surface area (Å²) in [5.74, 6) is -6.18. The van der Waals surface area contributed by atoms with Gasteiger partial charge in [0.25, 0.3) is 0 Å². The Hall–Kier alpha value is -2.70. The Morgan fingerprint density at radius 3 is 1.22 bits per heavy atom. The Kier molecular flexibility index (Phi) is 2.22. The van der Waals surface area contributed by atoms with E-state index in [4.69, 9.17) is 0 Å². The summed E-state index contributed by atoms with van der Waals surface area (Å²) in [6.07, 6.45) is 0. The lowest BCUT2D eigenvalue weighted by Gasteiger charge is -2.14. The van der Waals surface area contributed by atoms with Crippen molar-refractivity contribution < 1.29 is 35.7 Å². The molecule has 0 radical (unpaired) electrons. The van der Waals surface area contributed by atoms with Gasteiger partial charge in [-0.25, -0.2) is 0 Å². The molecular weight excluding hydrogens is 244 g/mol. The van der Waals surface area contributed by atoms with Gasteiger partial charge in [-0.15, -0.1) is 0 Å². The van der Waals surface area contributed by atoms with Gasteiger partial charge >= 0.3 is 0 Å². The molecule has 2 aromatic carbocycles. The van der Waals surface area contributed by atoms with E-state index in [1.165, 1.54) is 6.92 Å². The van der Waals surface area contributed by atoms with E-state index in [9.17, 15) is 35.7 Å². The zero-order valence-electron chi connectivity index (χ0n) is 9.13. The largest absolute Gasteiger partial charge is 0.507 e. The molecule has 2 aromatic rings. The monoisotopic (exact) mass is 254 g/mol. The maximum Gasteiger partial charge on any atom is 0.205 e. The van der Waals surface area contributed by atoms with Crippen molar-refractivity contribution in [2.45, 2.75) is 6.92 Å². The van der Waals surface area contributed by atoms with Crippen LogP contribution in [0.2, 0.25) is 0 Å². The second-order valence-electron chi connectivity index (χ2n) is 3.82. The predicted molar refractivity (Wildman–Crippen MR) is 60.3 cm³/mol. The summed E-state index contributed by atoms with van der Waals surface area (Å²) >= 11 is 0. The second-order valence-corrected chi connectivity index (χ2v) is 3.82. The van der Waals surface area contributed by atoms with Crippen molar-refractivity contribution in [2.24, 2.45) is 0 Å². The van der Waals surface area contributed by atoms with E-state index in [0.29, 0.717) is 0 Å². The first-order chi connectivity index (χ1) is 8.29. The van der Waals surface area contributed by atoms with Crippen molar-refractivity contribution in [3.8, 4) is 40.2 Å². The lowest BCUT2D eigenvalue weighted by Crippen LogP contribution is -1.86. The highest BCUT2D eigenvalue weighted by molar-refractivity contribution is 6.07. The van der Waals surface area contributed by atoms with Crippen LogP contribution in [0.1, 0.15) is 5.56 Å². The van der Waals surface area contributed by atoms with E-state index in [-0.39, 0.29) is 5.56 Å². The van der Waals surface area contributed by atoms with Gasteiger partial charge in [-0.05, 0) is 6.92 Å². The van der Waals surface area contributed by atoms with Gasteiger partial charge in [-0.1, -0.05) is 0 Å². The highest BCUT2D eigenvalue weighted by Gasteiger charge is 2.26. The van der Waals surface area contributed by atoms with Gasteiger partial charge in [0.1, 0.15) is 5.75 Å². The van der Waals surface area contributed by atoms with Crippen molar-refractivity contribution >= 4 is 10.8 Å². The van der Waals surface area contributed by atoms with Crippen LogP contribution < -0.4 is 0 Å². The van der Waals surface area contributed by atoms with Crippen molar-refractivity contribution in [3.63, 3.8) is 0 Å². The van der Waals surface area contributed by atoms with Gasteiger partial charge in [0.2, 0.25) is 11.5 Å². The van der Waals surface area contributed by atoms with E-state index in [0.717, 1.165) is 0 Å². The average Bonchev–Trinajstić information content (AvgIpc) is 2.35. The van der Waals surface area contributed by atoms with Crippen LogP contribution in [0.4, 0.5) is 0 Å². The number of fused-ring (bicyclic) bond motifs is 1. The number of rotatable bonds is 0. The summed E-state index contributed by atoms with van der Waals surface area (Å²) in [6, 6.07) is 0. The molecule has 7 heteroatoms. The molecule has 0 aliphatic heterocycles. The molecule has 0 spiro atoms. The molecule has 0 heterocycles. The van der Waals surface area contributed by atoms with Crippen molar-refractivity contribution in [1.82, 2.24) is 0 Å². The Morgan fingerprint density at radius 2 is 0.778 bits per heavy atom. The van der Waals surface area contributed by atoms with Crippen molar-refractivity contribution in [3.05, 3.63) is 5.56 Å². The van der Waals surface area contributed by atoms with Crippen molar-refractivity contribution in [1.29, 1.82) is 0 Å². The molecule has 0 aliphatic carbocycles. The molecule has 0 bridgehead atoms. The third-order valence-electron chi connectivity index (χ3n) is 2.80. The number of phenolic OH excluding ortho intramolecular Hbond substituents is 7. The van der Waals surface area contributed by atoms with Crippen LogP contribution in [0.15, 0.2) is 0 Å². The summed E-state index contributed by atoms with van der Waals surface area (Å²) in [5, 5.41) is 65.7. The van der Waals surface area contributed by atoms with Crippen LogP contribution in [-0.2, 0) is 0 Å². The fourth-order valence-corrected chi connectivity index (χ4v) is 1.75. The van der Waals surface area contributed by atoms with Crippen LogP contribution in [0.3, 0.4) is 0 Å². The molecule has 0 amide bonds. The maximum atomic E-state index is 9.75. The smallest absolute Gasteiger partial charge is 0.205 e. The predicted octanol–water partition coefficient (Wildman–Crippen LogP) is 1.09. The van der Waals surface area contributed by atoms with E-state index >= 15 is 0 Å². The number of hydrogen-bond acceptors (Lipinski definition) is 7. The van der Waals surface area contributed by atoms with Gasteiger partial charge < -0.3 is 35.7 Å².